The molecule has 0 radical (unpaired) electrons. The van der Waals surface area contributed by atoms with Gasteiger partial charge in [-0.25, -0.2) is 0 Å². The molecule has 0 spiro atoms. The lowest BCUT2D eigenvalue weighted by atomic mass is 10.1. The van der Waals surface area contributed by atoms with E-state index in [0.717, 1.165) is 116 Å². The Balaban J connectivity index is 4.60. The first-order chi connectivity index (χ1) is 32.0. The zero-order valence-electron chi connectivity index (χ0n) is 41.4. The maximum Gasteiger partial charge on any atom is 0.306 e. The minimum absolute atomic E-state index is 0.125. The van der Waals surface area contributed by atoms with Crippen molar-refractivity contribution >= 4 is 17.9 Å². The van der Waals surface area contributed by atoms with Crippen LogP contribution in [0.5, 0.6) is 0 Å². The van der Waals surface area contributed by atoms with Crippen LogP contribution in [0.25, 0.3) is 0 Å². The molecule has 6 heteroatoms. The molecule has 0 aliphatic heterocycles. The first-order valence-electron chi connectivity index (χ1n) is 25.7. The van der Waals surface area contributed by atoms with Crippen molar-refractivity contribution < 1.29 is 28.6 Å². The highest BCUT2D eigenvalue weighted by Crippen LogP contribution is 2.12. The molecular formula is C59H92O6. The summed E-state index contributed by atoms with van der Waals surface area (Å²) in [5.41, 5.74) is 0. The molecule has 0 rings (SSSR count). The van der Waals surface area contributed by atoms with E-state index < -0.39 is 6.10 Å². The number of allylic oxidation sites excluding steroid dienone is 22. The van der Waals surface area contributed by atoms with Crippen LogP contribution in [-0.4, -0.2) is 37.2 Å². The number of ether oxygens (including phenoxy) is 3. The molecule has 0 saturated heterocycles. The predicted octanol–water partition coefficient (Wildman–Crippen LogP) is 17.1. The summed E-state index contributed by atoms with van der Waals surface area (Å²) in [6.45, 7) is 6.25. The van der Waals surface area contributed by atoms with Crippen molar-refractivity contribution in [2.75, 3.05) is 13.2 Å². The average molecular weight is 897 g/mol. The van der Waals surface area contributed by atoms with Crippen LogP contribution < -0.4 is 0 Å². The predicted molar refractivity (Wildman–Crippen MR) is 279 cm³/mol. The number of carbonyl (C=O) groups is 3. The fourth-order valence-electron chi connectivity index (χ4n) is 6.35. The van der Waals surface area contributed by atoms with Gasteiger partial charge in [0.15, 0.2) is 6.10 Å². The molecule has 0 N–H and O–H groups in total. The second-order valence-electron chi connectivity index (χ2n) is 16.3. The number of rotatable bonds is 44. The summed E-state index contributed by atoms with van der Waals surface area (Å²) in [5.74, 6) is -1.06. The Morgan fingerprint density at radius 2 is 0.677 bits per heavy atom. The van der Waals surface area contributed by atoms with Crippen LogP contribution in [0.15, 0.2) is 134 Å². The minimum atomic E-state index is -0.834. The van der Waals surface area contributed by atoms with Crippen LogP contribution >= 0.6 is 0 Å². The van der Waals surface area contributed by atoms with E-state index in [9.17, 15) is 14.4 Å². The van der Waals surface area contributed by atoms with Crippen LogP contribution in [0, 0.1) is 0 Å². The van der Waals surface area contributed by atoms with E-state index in [-0.39, 0.29) is 44.0 Å². The van der Waals surface area contributed by atoms with E-state index in [1.54, 1.807) is 0 Å². The smallest absolute Gasteiger partial charge is 0.306 e. The summed E-state index contributed by atoms with van der Waals surface area (Å²) in [6.07, 6.45) is 73.0. The van der Waals surface area contributed by atoms with Gasteiger partial charge in [-0.1, -0.05) is 199 Å². The van der Waals surface area contributed by atoms with Gasteiger partial charge in [0.25, 0.3) is 0 Å². The maximum absolute atomic E-state index is 12.8. The van der Waals surface area contributed by atoms with Gasteiger partial charge in [0.05, 0.1) is 0 Å². The van der Waals surface area contributed by atoms with Gasteiger partial charge in [-0.05, 0) is 116 Å². The van der Waals surface area contributed by atoms with Crippen molar-refractivity contribution in [2.45, 2.75) is 207 Å². The lowest BCUT2D eigenvalue weighted by molar-refractivity contribution is -0.166. The van der Waals surface area contributed by atoms with E-state index in [2.05, 4.69) is 142 Å². The molecule has 0 aromatic carbocycles. The Hall–Kier alpha value is -4.45. The van der Waals surface area contributed by atoms with Crippen LogP contribution in [0.2, 0.25) is 0 Å². The standard InChI is InChI=1S/C59H92O6/c1-4-7-10-13-16-19-22-25-28-31-34-37-40-43-46-49-52-58(61)64-55-56(54-63-57(60)51-48-45-42-39-36-33-30-27-24-21-18-15-12-9-6-3)65-59(62)53-50-47-44-41-38-35-32-29-26-23-20-17-14-11-8-5-2/h7-8,10-11,16-21,24-29,34-35,37-38,43,46,56H,4-6,9,12-15,22-23,30-33,36,39-42,44-45,47-55H2,1-3H3/b10-7-,11-8-,19-16-,20-17-,21-18-,27-24-,28-25-,29-26-,37-34-,38-35-,46-43-. The molecule has 0 aliphatic rings. The molecule has 364 valence electrons. The lowest BCUT2D eigenvalue weighted by Gasteiger charge is -2.18. The fraction of sp³-hybridized carbons (Fsp3) is 0.576. The van der Waals surface area contributed by atoms with Gasteiger partial charge in [0.2, 0.25) is 0 Å². The molecule has 1 atom stereocenters. The molecule has 0 fully saturated rings. The minimum Gasteiger partial charge on any atom is -0.462 e. The van der Waals surface area contributed by atoms with Gasteiger partial charge in [0.1, 0.15) is 13.2 Å². The highest BCUT2D eigenvalue weighted by Gasteiger charge is 2.19. The first-order valence-corrected chi connectivity index (χ1v) is 25.7. The van der Waals surface area contributed by atoms with Crippen molar-refractivity contribution in [2.24, 2.45) is 0 Å². The maximum atomic E-state index is 12.8. The second-order valence-corrected chi connectivity index (χ2v) is 16.3. The molecule has 0 bridgehead atoms. The van der Waals surface area contributed by atoms with Crippen molar-refractivity contribution in [3.05, 3.63) is 134 Å². The SMILES string of the molecule is CC/C=C\C/C=C\C/C=C\C/C=C\C/C=C\CCC(=O)OCC(COC(=O)CCCCCCCC/C=C\C=C/CCCCC)OC(=O)CCCCC/C=C\C/C=C\C/C=C\C/C=C\CC. The molecule has 65 heavy (non-hydrogen) atoms. The van der Waals surface area contributed by atoms with Crippen LogP contribution in [0.3, 0.4) is 0 Å². The molecule has 0 heterocycles. The lowest BCUT2D eigenvalue weighted by Crippen LogP contribution is -2.30. The summed E-state index contributed by atoms with van der Waals surface area (Å²) in [4.78, 5) is 38.0. The van der Waals surface area contributed by atoms with Crippen molar-refractivity contribution in [3.8, 4) is 0 Å². The van der Waals surface area contributed by atoms with Gasteiger partial charge >= 0.3 is 17.9 Å². The highest BCUT2D eigenvalue weighted by molar-refractivity contribution is 5.71. The van der Waals surface area contributed by atoms with Crippen molar-refractivity contribution in [1.29, 1.82) is 0 Å². The summed E-state index contributed by atoms with van der Waals surface area (Å²) in [6, 6.07) is 0. The number of carbonyl (C=O) groups excluding carboxylic acids is 3. The Morgan fingerprint density at radius 1 is 0.338 bits per heavy atom. The topological polar surface area (TPSA) is 78.9 Å². The third-order valence-corrected chi connectivity index (χ3v) is 10.2. The summed E-state index contributed by atoms with van der Waals surface area (Å²) in [7, 11) is 0. The van der Waals surface area contributed by atoms with Gasteiger partial charge in [-0.3, -0.25) is 14.4 Å². The van der Waals surface area contributed by atoms with E-state index in [0.29, 0.717) is 19.3 Å². The van der Waals surface area contributed by atoms with Crippen LogP contribution in [0.1, 0.15) is 201 Å². The first kappa shape index (κ1) is 60.5. The second kappa shape index (κ2) is 52.2. The van der Waals surface area contributed by atoms with E-state index in [4.69, 9.17) is 14.2 Å². The average Bonchev–Trinajstić information content (AvgIpc) is 3.30. The number of esters is 3. The molecule has 0 saturated carbocycles. The molecular weight excluding hydrogens is 805 g/mol. The fourth-order valence-corrected chi connectivity index (χ4v) is 6.35. The number of unbranched alkanes of at least 4 members (excludes halogenated alkanes) is 12. The van der Waals surface area contributed by atoms with Gasteiger partial charge in [0, 0.05) is 19.3 Å². The molecule has 6 nitrogen and oxygen atoms in total. The molecule has 0 aliphatic carbocycles. The third-order valence-electron chi connectivity index (χ3n) is 10.2. The quantitative estimate of drug-likeness (QED) is 0.0199. The van der Waals surface area contributed by atoms with Gasteiger partial charge < -0.3 is 14.2 Å². The Morgan fingerprint density at radius 3 is 1.14 bits per heavy atom. The Labute approximate surface area is 398 Å². The summed E-state index contributed by atoms with van der Waals surface area (Å²) < 4.78 is 16.7. The van der Waals surface area contributed by atoms with Crippen molar-refractivity contribution in [3.63, 3.8) is 0 Å². The summed E-state index contributed by atoms with van der Waals surface area (Å²) >= 11 is 0. The van der Waals surface area contributed by atoms with Crippen LogP contribution in [0.4, 0.5) is 0 Å². The zero-order chi connectivity index (χ0) is 47.2. The Kier molecular flexibility index (Phi) is 48.6. The molecule has 1 unspecified atom stereocenters. The van der Waals surface area contributed by atoms with E-state index >= 15 is 0 Å². The molecule has 0 aromatic heterocycles. The highest BCUT2D eigenvalue weighted by atomic mass is 16.6. The van der Waals surface area contributed by atoms with Crippen LogP contribution in [-0.2, 0) is 28.6 Å². The molecule has 0 amide bonds. The van der Waals surface area contributed by atoms with Gasteiger partial charge in [-0.2, -0.15) is 0 Å². The van der Waals surface area contributed by atoms with Gasteiger partial charge in [-0.15, -0.1) is 0 Å². The molecule has 0 aromatic rings. The third kappa shape index (κ3) is 50.4. The summed E-state index contributed by atoms with van der Waals surface area (Å²) in [5, 5.41) is 0. The largest absolute Gasteiger partial charge is 0.462 e. The zero-order valence-corrected chi connectivity index (χ0v) is 41.4. The normalized spacial score (nSPS) is 13.2. The Bertz CT molecular complexity index is 1450. The number of hydrogen-bond acceptors (Lipinski definition) is 6. The van der Waals surface area contributed by atoms with E-state index in [1.807, 2.05) is 12.2 Å². The monoisotopic (exact) mass is 897 g/mol. The van der Waals surface area contributed by atoms with E-state index in [1.165, 1.54) is 32.1 Å². The number of hydrogen-bond donors (Lipinski definition) is 0. The van der Waals surface area contributed by atoms with Crippen molar-refractivity contribution in [1.82, 2.24) is 0 Å².